The molecule has 0 saturated carbocycles. The standard InChI is InChI=1S/C14H22N4OS.HI/c1-3-8-17-14(15-4-2)18-10-6-9-16-13(19)12-7-5-11-20-12;/h3,5,7,11H,1,4,6,8-10H2,2H3,(H,16,19)(H2,15,17,18);1H. The molecule has 0 radical (unpaired) electrons. The zero-order chi connectivity index (χ0) is 14.6. The second-order valence-corrected chi connectivity index (χ2v) is 4.96. The van der Waals surface area contributed by atoms with Gasteiger partial charge >= 0.3 is 0 Å². The van der Waals surface area contributed by atoms with Crippen LogP contribution in [0.3, 0.4) is 0 Å². The molecule has 5 nitrogen and oxygen atoms in total. The van der Waals surface area contributed by atoms with Gasteiger partial charge in [-0.2, -0.15) is 0 Å². The van der Waals surface area contributed by atoms with Crippen molar-refractivity contribution in [2.75, 3.05) is 26.2 Å². The Balaban J connectivity index is 0.00000400. The molecule has 1 amide bonds. The van der Waals surface area contributed by atoms with Gasteiger partial charge < -0.3 is 16.0 Å². The highest BCUT2D eigenvalue weighted by atomic mass is 127. The van der Waals surface area contributed by atoms with E-state index >= 15 is 0 Å². The summed E-state index contributed by atoms with van der Waals surface area (Å²) in [6.07, 6.45) is 2.59. The van der Waals surface area contributed by atoms with Crippen molar-refractivity contribution in [3.63, 3.8) is 0 Å². The summed E-state index contributed by atoms with van der Waals surface area (Å²) in [6, 6.07) is 3.69. The number of halogens is 1. The van der Waals surface area contributed by atoms with Gasteiger partial charge in [-0.05, 0) is 24.8 Å². The molecule has 0 fully saturated rings. The first-order valence-corrected chi connectivity index (χ1v) is 7.60. The van der Waals surface area contributed by atoms with Crippen molar-refractivity contribution in [1.82, 2.24) is 16.0 Å². The third-order valence-electron chi connectivity index (χ3n) is 2.39. The number of aliphatic imine (C=N–C) groups is 1. The Kier molecular flexibility index (Phi) is 12.0. The number of thiophene rings is 1. The van der Waals surface area contributed by atoms with Gasteiger partial charge in [0, 0.05) is 26.2 Å². The van der Waals surface area contributed by atoms with Gasteiger partial charge in [0.05, 0.1) is 4.88 Å². The normalized spacial score (nSPS) is 10.4. The molecule has 1 aromatic heterocycles. The lowest BCUT2D eigenvalue weighted by atomic mass is 10.4. The van der Waals surface area contributed by atoms with Gasteiger partial charge in [0.2, 0.25) is 0 Å². The number of hydrogen-bond donors (Lipinski definition) is 3. The van der Waals surface area contributed by atoms with E-state index < -0.39 is 0 Å². The highest BCUT2D eigenvalue weighted by molar-refractivity contribution is 14.0. The highest BCUT2D eigenvalue weighted by Crippen LogP contribution is 2.07. The minimum atomic E-state index is -0.0133. The average Bonchev–Trinajstić information content (AvgIpc) is 2.98. The first-order chi connectivity index (χ1) is 9.77. The number of hydrogen-bond acceptors (Lipinski definition) is 3. The van der Waals surface area contributed by atoms with Crippen LogP contribution in [-0.2, 0) is 0 Å². The Bertz CT molecular complexity index is 434. The molecular weight excluding hydrogens is 399 g/mol. The fourth-order valence-corrected chi connectivity index (χ4v) is 2.12. The summed E-state index contributed by atoms with van der Waals surface area (Å²) in [7, 11) is 0. The molecule has 3 N–H and O–H groups in total. The van der Waals surface area contributed by atoms with Gasteiger partial charge in [-0.25, -0.2) is 0 Å². The van der Waals surface area contributed by atoms with Gasteiger partial charge in [0.25, 0.3) is 5.91 Å². The maximum Gasteiger partial charge on any atom is 0.261 e. The smallest absolute Gasteiger partial charge is 0.261 e. The summed E-state index contributed by atoms with van der Waals surface area (Å²) in [5.41, 5.74) is 0. The van der Waals surface area contributed by atoms with Gasteiger partial charge in [-0.1, -0.05) is 12.1 Å². The fourth-order valence-electron chi connectivity index (χ4n) is 1.48. The van der Waals surface area contributed by atoms with Crippen LogP contribution < -0.4 is 16.0 Å². The second kappa shape index (κ2) is 12.6. The van der Waals surface area contributed by atoms with Crippen molar-refractivity contribution in [3.05, 3.63) is 35.0 Å². The van der Waals surface area contributed by atoms with Gasteiger partial charge in [-0.15, -0.1) is 41.9 Å². The van der Waals surface area contributed by atoms with Crippen molar-refractivity contribution in [2.45, 2.75) is 13.3 Å². The van der Waals surface area contributed by atoms with Crippen LogP contribution in [0.4, 0.5) is 0 Å². The van der Waals surface area contributed by atoms with Crippen LogP contribution in [0.25, 0.3) is 0 Å². The third-order valence-corrected chi connectivity index (χ3v) is 3.26. The van der Waals surface area contributed by atoms with Crippen LogP contribution in [0.2, 0.25) is 0 Å². The molecular formula is C14H23IN4OS. The first-order valence-electron chi connectivity index (χ1n) is 6.72. The van der Waals surface area contributed by atoms with Crippen molar-refractivity contribution in [2.24, 2.45) is 4.99 Å². The number of nitrogens with zero attached hydrogens (tertiary/aromatic N) is 1. The number of rotatable bonds is 8. The van der Waals surface area contributed by atoms with Gasteiger partial charge in [-0.3, -0.25) is 9.79 Å². The largest absolute Gasteiger partial charge is 0.357 e. The minimum Gasteiger partial charge on any atom is -0.357 e. The number of guanidine groups is 1. The molecule has 7 heteroatoms. The number of carbonyl (C=O) groups excluding carboxylic acids is 1. The lowest BCUT2D eigenvalue weighted by Gasteiger charge is -2.09. The highest BCUT2D eigenvalue weighted by Gasteiger charge is 2.04. The molecule has 0 saturated heterocycles. The molecule has 1 rings (SSSR count). The van der Waals surface area contributed by atoms with Crippen molar-refractivity contribution in [3.8, 4) is 0 Å². The lowest BCUT2D eigenvalue weighted by Crippen LogP contribution is -2.37. The van der Waals surface area contributed by atoms with Gasteiger partial charge in [0.1, 0.15) is 0 Å². The maximum atomic E-state index is 11.7. The minimum absolute atomic E-state index is 0. The lowest BCUT2D eigenvalue weighted by molar-refractivity contribution is 0.0957. The molecule has 0 bridgehead atoms. The van der Waals surface area contributed by atoms with Crippen LogP contribution >= 0.6 is 35.3 Å². The Morgan fingerprint density at radius 3 is 2.86 bits per heavy atom. The van der Waals surface area contributed by atoms with Crippen LogP contribution in [0.15, 0.2) is 35.2 Å². The Morgan fingerprint density at radius 1 is 1.43 bits per heavy atom. The molecule has 21 heavy (non-hydrogen) atoms. The number of carbonyl (C=O) groups is 1. The zero-order valence-electron chi connectivity index (χ0n) is 12.2. The number of nitrogens with one attached hydrogen (secondary N) is 3. The van der Waals surface area contributed by atoms with Crippen molar-refractivity contribution >= 4 is 47.2 Å². The van der Waals surface area contributed by atoms with E-state index in [0.29, 0.717) is 19.6 Å². The molecule has 0 spiro atoms. The molecule has 0 aliphatic rings. The predicted molar refractivity (Wildman–Crippen MR) is 101 cm³/mol. The Labute approximate surface area is 147 Å². The van der Waals surface area contributed by atoms with E-state index in [1.54, 1.807) is 6.08 Å². The van der Waals surface area contributed by atoms with Crippen LogP contribution in [0.1, 0.15) is 23.0 Å². The predicted octanol–water partition coefficient (Wildman–Crippen LogP) is 2.23. The van der Waals surface area contributed by atoms with E-state index in [2.05, 4.69) is 27.5 Å². The molecule has 118 valence electrons. The maximum absolute atomic E-state index is 11.7. The Hall–Kier alpha value is -1.09. The van der Waals surface area contributed by atoms with Crippen LogP contribution in [0, 0.1) is 0 Å². The monoisotopic (exact) mass is 422 g/mol. The third kappa shape index (κ3) is 8.71. The van der Waals surface area contributed by atoms with Crippen molar-refractivity contribution in [1.29, 1.82) is 0 Å². The molecule has 0 aromatic carbocycles. The zero-order valence-corrected chi connectivity index (χ0v) is 15.4. The van der Waals surface area contributed by atoms with E-state index in [4.69, 9.17) is 0 Å². The summed E-state index contributed by atoms with van der Waals surface area (Å²) >= 11 is 1.45. The molecule has 0 aliphatic heterocycles. The topological polar surface area (TPSA) is 65.5 Å². The van der Waals surface area contributed by atoms with Crippen LogP contribution in [0.5, 0.6) is 0 Å². The average molecular weight is 422 g/mol. The van der Waals surface area contributed by atoms with E-state index in [1.807, 2.05) is 24.4 Å². The van der Waals surface area contributed by atoms with E-state index in [9.17, 15) is 4.79 Å². The molecule has 0 atom stereocenters. The molecule has 1 aromatic rings. The molecule has 0 aliphatic carbocycles. The molecule has 0 unspecified atom stereocenters. The van der Waals surface area contributed by atoms with Gasteiger partial charge in [0.15, 0.2) is 5.96 Å². The Morgan fingerprint density at radius 2 is 2.24 bits per heavy atom. The summed E-state index contributed by atoms with van der Waals surface area (Å²) in [6.45, 7) is 8.46. The first kappa shape index (κ1) is 19.9. The summed E-state index contributed by atoms with van der Waals surface area (Å²) in [4.78, 5) is 16.8. The molecule has 1 heterocycles. The van der Waals surface area contributed by atoms with E-state index in [1.165, 1.54) is 11.3 Å². The SMILES string of the molecule is C=CCNC(=NCCCNC(=O)c1cccs1)NCC.I. The second-order valence-electron chi connectivity index (χ2n) is 4.02. The summed E-state index contributed by atoms with van der Waals surface area (Å²) in [5, 5.41) is 11.0. The fraction of sp³-hybridized carbons (Fsp3) is 0.429. The summed E-state index contributed by atoms with van der Waals surface area (Å²) < 4.78 is 0. The quantitative estimate of drug-likeness (QED) is 0.198. The summed E-state index contributed by atoms with van der Waals surface area (Å²) in [5.74, 6) is 0.762. The van der Waals surface area contributed by atoms with E-state index in [0.717, 1.165) is 23.8 Å². The van der Waals surface area contributed by atoms with Crippen LogP contribution in [-0.4, -0.2) is 38.0 Å². The van der Waals surface area contributed by atoms with Crippen molar-refractivity contribution < 1.29 is 4.79 Å². The number of amides is 1. The van der Waals surface area contributed by atoms with E-state index in [-0.39, 0.29) is 29.9 Å².